The van der Waals surface area contributed by atoms with Crippen molar-refractivity contribution in [2.45, 2.75) is 77.3 Å². The van der Waals surface area contributed by atoms with Crippen LogP contribution in [0.15, 0.2) is 0 Å². The Balaban J connectivity index is 1.80. The first-order valence-electron chi connectivity index (χ1n) is 8.16. The maximum absolute atomic E-state index is 6.20. The molecule has 0 heterocycles. The molecule has 2 N–H and O–H groups in total. The van der Waals surface area contributed by atoms with Gasteiger partial charge in [0.05, 0.1) is 0 Å². The molecule has 2 nitrogen and oxygen atoms in total. The van der Waals surface area contributed by atoms with Crippen LogP contribution in [0.5, 0.6) is 0 Å². The summed E-state index contributed by atoms with van der Waals surface area (Å²) in [5, 5.41) is 0. The molecule has 0 amide bonds. The number of hydrogen-bond acceptors (Lipinski definition) is 2. The van der Waals surface area contributed by atoms with Gasteiger partial charge in [0, 0.05) is 18.6 Å². The van der Waals surface area contributed by atoms with Crippen molar-refractivity contribution in [3.05, 3.63) is 0 Å². The predicted octanol–water partition coefficient (Wildman–Crippen LogP) is 3.40. The summed E-state index contributed by atoms with van der Waals surface area (Å²) >= 11 is 0. The minimum Gasteiger partial charge on any atom is -0.327 e. The topological polar surface area (TPSA) is 29.3 Å². The minimum atomic E-state index is 0.495. The van der Waals surface area contributed by atoms with Crippen molar-refractivity contribution in [1.82, 2.24) is 4.90 Å². The fourth-order valence-electron chi connectivity index (χ4n) is 3.92. The van der Waals surface area contributed by atoms with Crippen molar-refractivity contribution >= 4 is 0 Å². The third kappa shape index (κ3) is 3.96. The van der Waals surface area contributed by atoms with E-state index in [1.165, 1.54) is 64.5 Å². The quantitative estimate of drug-likeness (QED) is 0.785. The van der Waals surface area contributed by atoms with Crippen LogP contribution in [0.2, 0.25) is 0 Å². The van der Waals surface area contributed by atoms with E-state index in [1.54, 1.807) is 0 Å². The van der Waals surface area contributed by atoms with Gasteiger partial charge in [0.15, 0.2) is 0 Å². The highest BCUT2D eigenvalue weighted by Crippen LogP contribution is 2.29. The predicted molar refractivity (Wildman–Crippen MR) is 78.6 cm³/mol. The van der Waals surface area contributed by atoms with Crippen LogP contribution in [0.1, 0.15) is 65.2 Å². The molecule has 0 aromatic rings. The smallest absolute Gasteiger partial charge is 0.00953 e. The first kappa shape index (κ1) is 14.3. The first-order chi connectivity index (χ1) is 8.66. The third-order valence-corrected chi connectivity index (χ3v) is 4.95. The minimum absolute atomic E-state index is 0.495. The zero-order valence-electron chi connectivity index (χ0n) is 12.4. The Hall–Kier alpha value is -0.0800. The second kappa shape index (κ2) is 6.91. The van der Waals surface area contributed by atoms with E-state index in [-0.39, 0.29) is 0 Å². The van der Waals surface area contributed by atoms with Crippen LogP contribution in [0, 0.1) is 11.8 Å². The standard InChI is InChI=1S/C16H32N2/c1-13(2)12-18(15-7-3-4-8-15)11-10-14-6-5-9-16(14)17/h13-16H,3-12,17H2,1-2H3. The summed E-state index contributed by atoms with van der Waals surface area (Å²) in [7, 11) is 0. The zero-order valence-corrected chi connectivity index (χ0v) is 12.4. The normalized spacial score (nSPS) is 29.8. The van der Waals surface area contributed by atoms with Gasteiger partial charge < -0.3 is 10.6 Å². The molecular formula is C16H32N2. The van der Waals surface area contributed by atoms with E-state index in [1.807, 2.05) is 0 Å². The summed E-state index contributed by atoms with van der Waals surface area (Å²) < 4.78 is 0. The highest BCUT2D eigenvalue weighted by molar-refractivity contribution is 4.83. The molecule has 2 aliphatic carbocycles. The van der Waals surface area contributed by atoms with E-state index in [9.17, 15) is 0 Å². The van der Waals surface area contributed by atoms with Crippen molar-refractivity contribution in [3.8, 4) is 0 Å². The van der Waals surface area contributed by atoms with Crippen LogP contribution in [-0.4, -0.2) is 30.1 Å². The van der Waals surface area contributed by atoms with Gasteiger partial charge in [-0.25, -0.2) is 0 Å². The fraction of sp³-hybridized carbons (Fsp3) is 1.00. The molecule has 2 heteroatoms. The second-order valence-electron chi connectivity index (χ2n) is 6.97. The molecule has 18 heavy (non-hydrogen) atoms. The average Bonchev–Trinajstić information content (AvgIpc) is 2.95. The third-order valence-electron chi connectivity index (χ3n) is 4.95. The summed E-state index contributed by atoms with van der Waals surface area (Å²) in [5.74, 6) is 1.60. The molecule has 2 fully saturated rings. The van der Waals surface area contributed by atoms with Gasteiger partial charge in [-0.2, -0.15) is 0 Å². The Labute approximate surface area is 113 Å². The molecule has 2 saturated carbocycles. The van der Waals surface area contributed by atoms with Crippen LogP contribution in [0.4, 0.5) is 0 Å². The van der Waals surface area contributed by atoms with Crippen LogP contribution in [0.25, 0.3) is 0 Å². The summed E-state index contributed by atoms with van der Waals surface area (Å²) in [6, 6.07) is 1.37. The van der Waals surface area contributed by atoms with Gasteiger partial charge in [0.25, 0.3) is 0 Å². The van der Waals surface area contributed by atoms with Crippen LogP contribution in [0.3, 0.4) is 0 Å². The van der Waals surface area contributed by atoms with Crippen LogP contribution in [-0.2, 0) is 0 Å². The van der Waals surface area contributed by atoms with Gasteiger partial charge in [-0.3, -0.25) is 0 Å². The molecule has 0 saturated heterocycles. The molecule has 0 bridgehead atoms. The lowest BCUT2D eigenvalue weighted by Crippen LogP contribution is -2.38. The molecule has 0 aromatic heterocycles. The number of nitrogens with two attached hydrogens (primary N) is 1. The molecule has 0 aliphatic heterocycles. The van der Waals surface area contributed by atoms with Crippen molar-refractivity contribution in [1.29, 1.82) is 0 Å². The molecule has 0 spiro atoms. The summed E-state index contributed by atoms with van der Waals surface area (Å²) in [6.07, 6.45) is 11.1. The van der Waals surface area contributed by atoms with Gasteiger partial charge in [-0.1, -0.05) is 33.1 Å². The lowest BCUT2D eigenvalue weighted by atomic mass is 9.99. The maximum Gasteiger partial charge on any atom is 0.00953 e. The Morgan fingerprint density at radius 2 is 1.78 bits per heavy atom. The highest BCUT2D eigenvalue weighted by Gasteiger charge is 2.27. The average molecular weight is 252 g/mol. The molecule has 106 valence electrons. The Morgan fingerprint density at radius 1 is 1.06 bits per heavy atom. The van der Waals surface area contributed by atoms with Gasteiger partial charge in [-0.15, -0.1) is 0 Å². The van der Waals surface area contributed by atoms with E-state index in [0.717, 1.165) is 17.9 Å². The molecule has 0 aromatic carbocycles. The molecule has 2 aliphatic rings. The maximum atomic E-state index is 6.20. The lowest BCUT2D eigenvalue weighted by molar-refractivity contribution is 0.163. The van der Waals surface area contributed by atoms with Gasteiger partial charge in [0.1, 0.15) is 0 Å². The second-order valence-corrected chi connectivity index (χ2v) is 6.97. The highest BCUT2D eigenvalue weighted by atomic mass is 15.2. The Kier molecular flexibility index (Phi) is 5.50. The Bertz CT molecular complexity index is 233. The van der Waals surface area contributed by atoms with Gasteiger partial charge >= 0.3 is 0 Å². The van der Waals surface area contributed by atoms with E-state index in [2.05, 4.69) is 18.7 Å². The molecule has 2 rings (SSSR count). The zero-order chi connectivity index (χ0) is 13.0. The lowest BCUT2D eigenvalue weighted by Gasteiger charge is -2.31. The van der Waals surface area contributed by atoms with E-state index < -0.39 is 0 Å². The number of hydrogen-bond donors (Lipinski definition) is 1. The van der Waals surface area contributed by atoms with Gasteiger partial charge in [0.2, 0.25) is 0 Å². The molecule has 2 unspecified atom stereocenters. The number of rotatable bonds is 6. The SMILES string of the molecule is CC(C)CN(CCC1CCCC1N)C1CCCC1. The monoisotopic (exact) mass is 252 g/mol. The van der Waals surface area contributed by atoms with Crippen molar-refractivity contribution in [2.24, 2.45) is 17.6 Å². The van der Waals surface area contributed by atoms with E-state index in [0.29, 0.717) is 6.04 Å². The summed E-state index contributed by atoms with van der Waals surface area (Å²) in [6.45, 7) is 7.28. The van der Waals surface area contributed by atoms with E-state index in [4.69, 9.17) is 5.73 Å². The molecule has 0 radical (unpaired) electrons. The first-order valence-corrected chi connectivity index (χ1v) is 8.16. The fourth-order valence-corrected chi connectivity index (χ4v) is 3.92. The van der Waals surface area contributed by atoms with Crippen LogP contribution < -0.4 is 5.73 Å². The number of nitrogens with zero attached hydrogens (tertiary/aromatic N) is 1. The largest absolute Gasteiger partial charge is 0.327 e. The Morgan fingerprint density at radius 3 is 2.33 bits per heavy atom. The van der Waals surface area contributed by atoms with Gasteiger partial charge in [-0.05, 0) is 50.5 Å². The van der Waals surface area contributed by atoms with E-state index >= 15 is 0 Å². The summed E-state index contributed by atoms with van der Waals surface area (Å²) in [5.41, 5.74) is 6.20. The van der Waals surface area contributed by atoms with Crippen molar-refractivity contribution in [3.63, 3.8) is 0 Å². The van der Waals surface area contributed by atoms with Crippen molar-refractivity contribution < 1.29 is 0 Å². The molecule has 2 atom stereocenters. The molecular weight excluding hydrogens is 220 g/mol. The summed E-state index contributed by atoms with van der Waals surface area (Å²) in [4.78, 5) is 2.78. The van der Waals surface area contributed by atoms with Crippen molar-refractivity contribution in [2.75, 3.05) is 13.1 Å². The van der Waals surface area contributed by atoms with Crippen LogP contribution >= 0.6 is 0 Å².